The van der Waals surface area contributed by atoms with Crippen LogP contribution >= 0.6 is 0 Å². The van der Waals surface area contributed by atoms with Gasteiger partial charge in [-0.2, -0.15) is 0 Å². The molecular weight excluding hydrogens is 396 g/mol. The summed E-state index contributed by atoms with van der Waals surface area (Å²) in [6.45, 7) is -0.118. The molecule has 6 heteroatoms. The number of methoxy groups -OCH3 is 4. The van der Waals surface area contributed by atoms with E-state index < -0.39 is 0 Å². The number of hydrogen-bond acceptors (Lipinski definition) is 6. The van der Waals surface area contributed by atoms with E-state index in [9.17, 15) is 5.11 Å². The molecule has 31 heavy (non-hydrogen) atoms. The van der Waals surface area contributed by atoms with Gasteiger partial charge >= 0.3 is 0 Å². The monoisotopic (exact) mass is 420 g/mol. The van der Waals surface area contributed by atoms with Crippen LogP contribution in [0.2, 0.25) is 0 Å². The topological polar surface area (TPSA) is 70.3 Å². The van der Waals surface area contributed by atoms with Gasteiger partial charge in [-0.05, 0) is 59.7 Å². The highest BCUT2D eigenvalue weighted by Gasteiger charge is 2.23. The van der Waals surface area contributed by atoms with Crippen molar-refractivity contribution < 1.29 is 28.5 Å². The summed E-state index contributed by atoms with van der Waals surface area (Å²) in [6, 6.07) is 17.0. The molecular formula is C25H24O6. The molecule has 3 aromatic carbocycles. The maximum Gasteiger partial charge on any atom is 0.143 e. The number of aliphatic hydroxyl groups excluding tert-OH is 1. The molecule has 0 aliphatic carbocycles. The summed E-state index contributed by atoms with van der Waals surface area (Å²) < 4.78 is 28.3. The summed E-state index contributed by atoms with van der Waals surface area (Å²) in [5.74, 6) is 3.36. The van der Waals surface area contributed by atoms with Crippen molar-refractivity contribution in [1.29, 1.82) is 0 Å². The second kappa shape index (κ2) is 8.62. The van der Waals surface area contributed by atoms with Crippen LogP contribution in [0.15, 0.2) is 59.0 Å². The van der Waals surface area contributed by atoms with E-state index in [1.54, 1.807) is 28.4 Å². The molecule has 1 aromatic heterocycles. The van der Waals surface area contributed by atoms with Crippen molar-refractivity contribution in [3.05, 3.63) is 60.2 Å². The quantitative estimate of drug-likeness (QED) is 0.438. The van der Waals surface area contributed by atoms with Gasteiger partial charge in [-0.3, -0.25) is 0 Å². The highest BCUT2D eigenvalue weighted by atomic mass is 16.5. The average molecular weight is 420 g/mol. The largest absolute Gasteiger partial charge is 0.497 e. The third-order valence-corrected chi connectivity index (χ3v) is 5.21. The summed E-state index contributed by atoms with van der Waals surface area (Å²) >= 11 is 0. The second-order valence-corrected chi connectivity index (χ2v) is 6.97. The smallest absolute Gasteiger partial charge is 0.143 e. The lowest BCUT2D eigenvalue weighted by molar-refractivity contribution is 0.281. The van der Waals surface area contributed by atoms with Crippen LogP contribution in [0.3, 0.4) is 0 Å². The molecule has 6 nitrogen and oxygen atoms in total. The molecule has 160 valence electrons. The molecule has 0 atom stereocenters. The Morgan fingerprint density at radius 2 is 1.35 bits per heavy atom. The highest BCUT2D eigenvalue weighted by molar-refractivity contribution is 6.05. The first-order valence-electron chi connectivity index (χ1n) is 9.74. The number of ether oxygens (including phenoxy) is 4. The van der Waals surface area contributed by atoms with Crippen molar-refractivity contribution >= 4 is 11.0 Å². The third kappa shape index (κ3) is 3.78. The van der Waals surface area contributed by atoms with Crippen molar-refractivity contribution in [3.63, 3.8) is 0 Å². The number of fused-ring (bicyclic) bond motifs is 1. The second-order valence-electron chi connectivity index (χ2n) is 6.97. The summed E-state index contributed by atoms with van der Waals surface area (Å²) in [5, 5.41) is 10.5. The van der Waals surface area contributed by atoms with Crippen molar-refractivity contribution in [2.45, 2.75) is 6.61 Å². The highest BCUT2D eigenvalue weighted by Crippen LogP contribution is 2.46. The molecule has 0 bridgehead atoms. The minimum absolute atomic E-state index is 0.118. The van der Waals surface area contributed by atoms with Crippen LogP contribution in [0.4, 0.5) is 0 Å². The van der Waals surface area contributed by atoms with Crippen LogP contribution in [0.5, 0.6) is 23.0 Å². The standard InChI is InChI=1S/C25H24O6/c1-27-18-7-5-16(6-8-18)25-23(17-11-19(28-2)13-20(12-17)29-3)24-21(30-4)9-15(14-26)10-22(24)31-25/h5-13,26H,14H2,1-4H3. The van der Waals surface area contributed by atoms with E-state index in [1.807, 2.05) is 54.6 Å². The van der Waals surface area contributed by atoms with Crippen LogP contribution in [0.25, 0.3) is 33.4 Å². The van der Waals surface area contributed by atoms with Gasteiger partial charge in [0.25, 0.3) is 0 Å². The molecule has 0 aliphatic heterocycles. The summed E-state index contributed by atoms with van der Waals surface area (Å²) in [4.78, 5) is 0. The van der Waals surface area contributed by atoms with E-state index in [0.29, 0.717) is 34.2 Å². The Hall–Kier alpha value is -3.64. The van der Waals surface area contributed by atoms with Crippen LogP contribution in [-0.2, 0) is 6.61 Å². The van der Waals surface area contributed by atoms with Gasteiger partial charge in [0.2, 0.25) is 0 Å². The molecule has 0 amide bonds. The van der Waals surface area contributed by atoms with E-state index in [1.165, 1.54) is 0 Å². The molecule has 4 aromatic rings. The zero-order chi connectivity index (χ0) is 22.0. The minimum Gasteiger partial charge on any atom is -0.497 e. The van der Waals surface area contributed by atoms with Crippen molar-refractivity contribution in [2.24, 2.45) is 0 Å². The number of hydrogen-bond donors (Lipinski definition) is 1. The predicted octanol–water partition coefficient (Wildman–Crippen LogP) is 5.29. The van der Waals surface area contributed by atoms with Crippen molar-refractivity contribution in [2.75, 3.05) is 28.4 Å². The Morgan fingerprint density at radius 3 is 1.90 bits per heavy atom. The Bertz CT molecular complexity index is 1180. The maximum atomic E-state index is 9.68. The first-order chi connectivity index (χ1) is 15.1. The summed E-state index contributed by atoms with van der Waals surface area (Å²) in [6.07, 6.45) is 0. The molecule has 0 aliphatic rings. The van der Waals surface area contributed by atoms with E-state index >= 15 is 0 Å². The molecule has 0 unspecified atom stereocenters. The normalized spacial score (nSPS) is 10.9. The fourth-order valence-corrected chi connectivity index (χ4v) is 3.67. The van der Waals surface area contributed by atoms with Crippen molar-refractivity contribution in [1.82, 2.24) is 0 Å². The van der Waals surface area contributed by atoms with Crippen molar-refractivity contribution in [3.8, 4) is 45.4 Å². The first-order valence-corrected chi connectivity index (χ1v) is 9.74. The van der Waals surface area contributed by atoms with E-state index in [-0.39, 0.29) is 6.61 Å². The number of aliphatic hydroxyl groups is 1. The first kappa shape index (κ1) is 20.6. The molecule has 4 rings (SSSR count). The van der Waals surface area contributed by atoms with E-state index in [2.05, 4.69) is 0 Å². The molecule has 0 saturated carbocycles. The van der Waals surface area contributed by atoms with Gasteiger partial charge in [0, 0.05) is 17.2 Å². The average Bonchev–Trinajstić information content (AvgIpc) is 3.22. The lowest BCUT2D eigenvalue weighted by Gasteiger charge is -2.11. The molecule has 0 fully saturated rings. The minimum atomic E-state index is -0.118. The lowest BCUT2D eigenvalue weighted by Crippen LogP contribution is -1.92. The zero-order valence-corrected chi connectivity index (χ0v) is 17.9. The van der Waals surface area contributed by atoms with Crippen LogP contribution in [-0.4, -0.2) is 33.5 Å². The van der Waals surface area contributed by atoms with Gasteiger partial charge < -0.3 is 28.5 Å². The fourth-order valence-electron chi connectivity index (χ4n) is 3.67. The summed E-state index contributed by atoms with van der Waals surface area (Å²) in [7, 11) is 6.46. The van der Waals surface area contributed by atoms with E-state index in [0.717, 1.165) is 27.8 Å². The molecule has 0 radical (unpaired) electrons. The van der Waals surface area contributed by atoms with Gasteiger partial charge in [-0.1, -0.05) is 0 Å². The molecule has 0 saturated heterocycles. The van der Waals surface area contributed by atoms with Gasteiger partial charge in [-0.15, -0.1) is 0 Å². The number of furan rings is 1. The van der Waals surface area contributed by atoms with E-state index in [4.69, 9.17) is 23.4 Å². The fraction of sp³-hybridized carbons (Fsp3) is 0.200. The van der Waals surface area contributed by atoms with Gasteiger partial charge in [0.05, 0.1) is 40.4 Å². The Balaban J connectivity index is 2.07. The predicted molar refractivity (Wildman–Crippen MR) is 119 cm³/mol. The van der Waals surface area contributed by atoms with Gasteiger partial charge in [0.1, 0.15) is 34.3 Å². The molecule has 1 N–H and O–H groups in total. The Morgan fingerprint density at radius 1 is 0.710 bits per heavy atom. The SMILES string of the molecule is COc1ccc(-c2oc3cc(CO)cc(OC)c3c2-c2cc(OC)cc(OC)c2)cc1. The van der Waals surface area contributed by atoms with Crippen LogP contribution < -0.4 is 18.9 Å². The van der Waals surface area contributed by atoms with Gasteiger partial charge in [-0.25, -0.2) is 0 Å². The zero-order valence-electron chi connectivity index (χ0n) is 17.9. The van der Waals surface area contributed by atoms with Crippen LogP contribution in [0.1, 0.15) is 5.56 Å². The molecule has 0 spiro atoms. The number of rotatable bonds is 7. The van der Waals surface area contributed by atoms with Crippen LogP contribution in [0, 0.1) is 0 Å². The summed E-state index contributed by atoms with van der Waals surface area (Å²) in [5.41, 5.74) is 3.90. The Kier molecular flexibility index (Phi) is 5.73. The van der Waals surface area contributed by atoms with Gasteiger partial charge in [0.15, 0.2) is 0 Å². The molecule has 1 heterocycles. The number of benzene rings is 3. The lowest BCUT2D eigenvalue weighted by atomic mass is 9.97. The third-order valence-electron chi connectivity index (χ3n) is 5.21. The maximum absolute atomic E-state index is 9.68. The Labute approximate surface area is 180 Å².